The van der Waals surface area contributed by atoms with E-state index in [0.717, 1.165) is 24.3 Å². The zero-order valence-electron chi connectivity index (χ0n) is 38.6. The van der Waals surface area contributed by atoms with Gasteiger partial charge < -0.3 is 52.2 Å². The number of ether oxygens (including phenoxy) is 1. The molecule has 10 N–H and O–H groups in total. The molecule has 0 aliphatic rings. The number of benzene rings is 4. The lowest BCUT2D eigenvalue weighted by atomic mass is 10.1. The van der Waals surface area contributed by atoms with Crippen molar-refractivity contribution in [1.29, 1.82) is 0 Å². The normalized spacial score (nSPS) is 13.5. The molecule has 0 fully saturated rings. The standard InChI is InChI=1S/C26H32F2N4O6.C21H23ClF2N4O4/c1-15(31-24(36)21(33)17-12-18(27)14-19(28)13-17)22(34)32-20(16-8-6-5-7-9-16)23(35)29-10-11-30-25(37)38-26(2,3)4;1-12(27-21(32)18(29)14-9-15(23)11-16(24)10-14)19(30)28-17(13-5-3-2-4-6-13)20(31)25-7-8-26-22/h5-9,12-15,20-21,33H,10-11H2,1-4H3,(H,29,35)(H,30,37)(H,31,36)(H,32,34);2-6,9-12,17-18,26,29H,7-8H2,1H3,(H,25,31)(H,27,32)(H,28,30)/t15-,20-,21?;12-,17-,18?/m00/s1. The van der Waals surface area contributed by atoms with Crippen LogP contribution in [0.15, 0.2) is 97.1 Å². The van der Waals surface area contributed by atoms with Crippen LogP contribution in [-0.4, -0.2) is 95.6 Å². The van der Waals surface area contributed by atoms with Crippen molar-refractivity contribution in [3.8, 4) is 0 Å². The van der Waals surface area contributed by atoms with Crippen LogP contribution in [0.4, 0.5) is 22.4 Å². The number of amides is 7. The summed E-state index contributed by atoms with van der Waals surface area (Å²) in [6, 6.07) is 16.6. The molecule has 4 aromatic rings. The first-order chi connectivity index (χ1) is 33.0. The molecule has 4 aromatic carbocycles. The summed E-state index contributed by atoms with van der Waals surface area (Å²) >= 11 is 5.37. The van der Waals surface area contributed by atoms with Crippen LogP contribution in [0.3, 0.4) is 0 Å². The highest BCUT2D eigenvalue weighted by molar-refractivity contribution is 6.13. The molecular formula is C47H55ClF4N8O10. The SMILES string of the molecule is C[C@H](NC(=O)C(O)c1cc(F)cc(F)c1)C(=O)N[C@H](C(=O)NCCNC(=O)OC(C)(C)C)c1ccccc1.C[C@H](NC(=O)C(O)c1cc(F)cc(F)c1)C(=O)N[C@H](C(=O)NCCNCl)c1ccccc1. The number of carbonyl (C=O) groups excluding carboxylic acids is 7. The Balaban J connectivity index is 0.000000376. The number of halogens is 5. The zero-order chi connectivity index (χ0) is 52.1. The van der Waals surface area contributed by atoms with Gasteiger partial charge in [0.1, 0.15) is 53.0 Å². The lowest BCUT2D eigenvalue weighted by Gasteiger charge is -2.23. The average Bonchev–Trinajstić information content (AvgIpc) is 3.30. The molecule has 7 amide bonds. The highest BCUT2D eigenvalue weighted by Gasteiger charge is 2.30. The minimum atomic E-state index is -1.93. The minimum absolute atomic E-state index is 0.0416. The molecule has 0 saturated carbocycles. The topological polar surface area (TPSA) is 265 Å². The van der Waals surface area contributed by atoms with Gasteiger partial charge in [0.2, 0.25) is 23.6 Å². The second-order valence-electron chi connectivity index (χ2n) is 16.3. The van der Waals surface area contributed by atoms with Crippen molar-refractivity contribution in [2.75, 3.05) is 26.2 Å². The van der Waals surface area contributed by atoms with Crippen LogP contribution in [0, 0.1) is 23.3 Å². The average molecular weight is 1000 g/mol. The smallest absolute Gasteiger partial charge is 0.407 e. The largest absolute Gasteiger partial charge is 0.444 e. The van der Waals surface area contributed by atoms with Gasteiger partial charge in [0.25, 0.3) is 11.8 Å². The van der Waals surface area contributed by atoms with Crippen molar-refractivity contribution in [3.63, 3.8) is 0 Å². The lowest BCUT2D eigenvalue weighted by Crippen LogP contribution is -2.50. The van der Waals surface area contributed by atoms with E-state index in [4.69, 9.17) is 16.5 Å². The molecule has 0 spiro atoms. The Kier molecular flexibility index (Phi) is 22.7. The molecule has 0 heterocycles. The quantitative estimate of drug-likeness (QED) is 0.0349. The van der Waals surface area contributed by atoms with E-state index in [1.54, 1.807) is 81.4 Å². The van der Waals surface area contributed by atoms with E-state index in [0.29, 0.717) is 29.8 Å². The summed E-state index contributed by atoms with van der Waals surface area (Å²) in [5.74, 6) is -8.52. The molecular weight excluding hydrogens is 948 g/mol. The minimum Gasteiger partial charge on any atom is -0.444 e. The van der Waals surface area contributed by atoms with Gasteiger partial charge in [-0.1, -0.05) is 60.7 Å². The molecule has 0 aromatic heterocycles. The Morgan fingerprint density at radius 2 is 0.843 bits per heavy atom. The maximum Gasteiger partial charge on any atom is 0.407 e. The lowest BCUT2D eigenvalue weighted by molar-refractivity contribution is -0.135. The molecule has 0 aliphatic carbocycles. The van der Waals surface area contributed by atoms with E-state index in [1.807, 2.05) is 0 Å². The maximum absolute atomic E-state index is 13.4. The number of aliphatic hydroxyl groups is 2. The van der Waals surface area contributed by atoms with Gasteiger partial charge in [-0.25, -0.2) is 27.2 Å². The van der Waals surface area contributed by atoms with E-state index in [1.165, 1.54) is 13.8 Å². The van der Waals surface area contributed by atoms with E-state index in [-0.39, 0.29) is 30.8 Å². The summed E-state index contributed by atoms with van der Waals surface area (Å²) < 4.78 is 58.6. The van der Waals surface area contributed by atoms with Crippen LogP contribution >= 0.6 is 11.8 Å². The fourth-order valence-corrected chi connectivity index (χ4v) is 6.11. The molecule has 0 saturated heterocycles. The van der Waals surface area contributed by atoms with Crippen molar-refractivity contribution in [3.05, 3.63) is 143 Å². The first kappa shape index (κ1) is 57.2. The highest BCUT2D eigenvalue weighted by atomic mass is 35.5. The molecule has 23 heteroatoms. The molecule has 378 valence electrons. The van der Waals surface area contributed by atoms with Gasteiger partial charge in [-0.15, -0.1) is 0 Å². The van der Waals surface area contributed by atoms with E-state index in [9.17, 15) is 61.3 Å². The maximum atomic E-state index is 13.4. The number of hydrogen-bond donors (Lipinski definition) is 10. The third-order valence-corrected chi connectivity index (χ3v) is 9.57. The molecule has 70 heavy (non-hydrogen) atoms. The summed E-state index contributed by atoms with van der Waals surface area (Å²) in [6.45, 7) is 8.42. The molecule has 4 rings (SSSR count). The van der Waals surface area contributed by atoms with Gasteiger partial charge in [0, 0.05) is 38.3 Å². The summed E-state index contributed by atoms with van der Waals surface area (Å²) in [5.41, 5.74) is -0.347. The molecule has 0 aliphatic heterocycles. The van der Waals surface area contributed by atoms with Gasteiger partial charge in [-0.2, -0.15) is 0 Å². The molecule has 0 radical (unpaired) electrons. The fraction of sp³-hybridized carbons (Fsp3) is 0.340. The van der Waals surface area contributed by atoms with E-state index >= 15 is 0 Å². The Labute approximate surface area is 405 Å². The van der Waals surface area contributed by atoms with Crippen molar-refractivity contribution < 1.29 is 66.1 Å². The summed E-state index contributed by atoms with van der Waals surface area (Å²) in [7, 11) is 0. The Morgan fingerprint density at radius 3 is 1.19 bits per heavy atom. The van der Waals surface area contributed by atoms with Gasteiger partial charge in [-0.05, 0) is 92.9 Å². The third kappa shape index (κ3) is 19.5. The van der Waals surface area contributed by atoms with Crippen LogP contribution in [-0.2, 0) is 33.5 Å². The van der Waals surface area contributed by atoms with Crippen LogP contribution in [0.1, 0.15) is 81.2 Å². The monoisotopic (exact) mass is 1000 g/mol. The summed E-state index contributed by atoms with van der Waals surface area (Å²) in [5, 5.41) is 37.6. The molecule has 2 unspecified atom stereocenters. The molecule has 18 nitrogen and oxygen atoms in total. The van der Waals surface area contributed by atoms with Crippen LogP contribution in [0.5, 0.6) is 0 Å². The van der Waals surface area contributed by atoms with Gasteiger partial charge in [-0.3, -0.25) is 28.8 Å². The van der Waals surface area contributed by atoms with Gasteiger partial charge in [0.15, 0.2) is 12.2 Å². The number of carbonyl (C=O) groups is 7. The first-order valence-electron chi connectivity index (χ1n) is 21.4. The van der Waals surface area contributed by atoms with Crippen molar-refractivity contribution >= 4 is 53.3 Å². The predicted octanol–water partition coefficient (Wildman–Crippen LogP) is 3.22. The Bertz CT molecular complexity index is 2380. The Morgan fingerprint density at radius 1 is 0.500 bits per heavy atom. The summed E-state index contributed by atoms with van der Waals surface area (Å²) in [6.07, 6.45) is -4.47. The van der Waals surface area contributed by atoms with E-state index in [2.05, 4.69) is 42.1 Å². The van der Waals surface area contributed by atoms with Crippen LogP contribution in [0.2, 0.25) is 0 Å². The first-order valence-corrected chi connectivity index (χ1v) is 21.8. The number of alkyl carbamates (subject to hydrolysis) is 1. The van der Waals surface area contributed by atoms with Gasteiger partial charge in [0.05, 0.1) is 0 Å². The Hall–Kier alpha value is -7.14. The van der Waals surface area contributed by atoms with Gasteiger partial charge >= 0.3 is 6.09 Å². The second kappa shape index (κ2) is 27.8. The number of nitrogens with one attached hydrogen (secondary N) is 8. The second-order valence-corrected chi connectivity index (χ2v) is 16.5. The number of aliphatic hydroxyl groups excluding tert-OH is 2. The fourth-order valence-electron chi connectivity index (χ4n) is 6.01. The number of rotatable bonds is 20. The van der Waals surface area contributed by atoms with Crippen molar-refractivity contribution in [1.82, 2.24) is 42.1 Å². The highest BCUT2D eigenvalue weighted by Crippen LogP contribution is 2.19. The zero-order valence-corrected chi connectivity index (χ0v) is 39.3. The molecule has 0 bridgehead atoms. The van der Waals surface area contributed by atoms with Crippen LogP contribution in [0.25, 0.3) is 0 Å². The molecule has 6 atom stereocenters. The van der Waals surface area contributed by atoms with Crippen LogP contribution < -0.4 is 42.1 Å². The van der Waals surface area contributed by atoms with E-state index < -0.39 is 107 Å². The number of hydrogen-bond acceptors (Lipinski definition) is 11. The third-order valence-electron chi connectivity index (χ3n) is 9.38. The van der Waals surface area contributed by atoms with Crippen molar-refractivity contribution in [2.24, 2.45) is 0 Å². The summed E-state index contributed by atoms with van der Waals surface area (Å²) in [4.78, 5) is 89.6. The van der Waals surface area contributed by atoms with Crippen molar-refractivity contribution in [2.45, 2.75) is 76.6 Å². The predicted molar refractivity (Wildman–Crippen MR) is 247 cm³/mol.